The number of aromatic hydroxyl groups is 1. The second-order valence-electron chi connectivity index (χ2n) is 3.37. The van der Waals surface area contributed by atoms with Crippen LogP contribution in [0.25, 0.3) is 0 Å². The first-order valence-corrected chi connectivity index (χ1v) is 4.93. The Hall–Kier alpha value is -0.970. The molecule has 16 heavy (non-hydrogen) atoms. The number of rotatable bonds is 5. The van der Waals surface area contributed by atoms with Gasteiger partial charge in [-0.05, 0) is 18.9 Å². The summed E-state index contributed by atoms with van der Waals surface area (Å²) >= 11 is 0. The van der Waals surface area contributed by atoms with Gasteiger partial charge < -0.3 is 20.7 Å². The largest absolute Gasteiger partial charge is 0.504 e. The van der Waals surface area contributed by atoms with E-state index in [9.17, 15) is 5.11 Å². The van der Waals surface area contributed by atoms with Crippen molar-refractivity contribution in [1.29, 1.82) is 0 Å². The zero-order valence-corrected chi connectivity index (χ0v) is 10.0. The van der Waals surface area contributed by atoms with Gasteiger partial charge in [-0.2, -0.15) is 0 Å². The molecule has 4 nitrogen and oxygen atoms in total. The molecule has 92 valence electrons. The second-order valence-corrected chi connectivity index (χ2v) is 3.37. The van der Waals surface area contributed by atoms with Gasteiger partial charge in [0.1, 0.15) is 0 Å². The first-order valence-electron chi connectivity index (χ1n) is 4.93. The Labute approximate surface area is 101 Å². The van der Waals surface area contributed by atoms with Crippen molar-refractivity contribution in [2.75, 3.05) is 13.7 Å². The van der Waals surface area contributed by atoms with Crippen LogP contribution in [0.1, 0.15) is 24.4 Å². The van der Waals surface area contributed by atoms with Crippen LogP contribution in [0.5, 0.6) is 11.5 Å². The Kier molecular flexibility index (Phi) is 6.88. The van der Waals surface area contributed by atoms with Crippen molar-refractivity contribution < 1.29 is 14.9 Å². The molecule has 0 aliphatic heterocycles. The maximum absolute atomic E-state index is 9.79. The minimum Gasteiger partial charge on any atom is -0.504 e. The third-order valence-electron chi connectivity index (χ3n) is 2.32. The van der Waals surface area contributed by atoms with Crippen LogP contribution in [-0.4, -0.2) is 23.9 Å². The number of nitrogens with two attached hydrogens (primary N) is 1. The minimum absolute atomic E-state index is 0. The summed E-state index contributed by atoms with van der Waals surface area (Å²) in [6.45, 7) is 0.110. The normalized spacial score (nSPS) is 11.7. The fourth-order valence-electron chi connectivity index (χ4n) is 1.47. The Morgan fingerprint density at radius 3 is 2.69 bits per heavy atom. The van der Waals surface area contributed by atoms with Crippen molar-refractivity contribution in [3.63, 3.8) is 0 Å². The zero-order valence-electron chi connectivity index (χ0n) is 9.22. The Morgan fingerprint density at radius 1 is 1.44 bits per heavy atom. The Morgan fingerprint density at radius 2 is 2.12 bits per heavy atom. The molecule has 1 atom stereocenters. The number of para-hydroxylation sites is 1. The van der Waals surface area contributed by atoms with E-state index >= 15 is 0 Å². The molecule has 0 radical (unpaired) electrons. The van der Waals surface area contributed by atoms with Crippen LogP contribution in [0.4, 0.5) is 0 Å². The van der Waals surface area contributed by atoms with Crippen molar-refractivity contribution in [3.8, 4) is 11.5 Å². The van der Waals surface area contributed by atoms with Gasteiger partial charge in [-0.25, -0.2) is 0 Å². The molecule has 1 aromatic carbocycles. The topological polar surface area (TPSA) is 75.7 Å². The summed E-state index contributed by atoms with van der Waals surface area (Å²) in [6.07, 6.45) is 1.26. The molecule has 1 aromatic rings. The van der Waals surface area contributed by atoms with E-state index in [0.717, 1.165) is 0 Å². The highest BCUT2D eigenvalue weighted by molar-refractivity contribution is 5.85. The van der Waals surface area contributed by atoms with E-state index in [4.69, 9.17) is 15.6 Å². The van der Waals surface area contributed by atoms with E-state index in [-0.39, 0.29) is 30.8 Å². The lowest BCUT2D eigenvalue weighted by Crippen LogP contribution is -2.11. The summed E-state index contributed by atoms with van der Waals surface area (Å²) in [5.74, 6) is 0.511. The summed E-state index contributed by atoms with van der Waals surface area (Å²) in [4.78, 5) is 0. The Balaban J connectivity index is 0.00000225. The molecule has 0 saturated heterocycles. The van der Waals surface area contributed by atoms with Gasteiger partial charge in [-0.3, -0.25) is 0 Å². The number of phenolic OH excluding ortho intramolecular Hbond substituents is 1. The molecular weight excluding hydrogens is 230 g/mol. The molecule has 0 aliphatic carbocycles. The van der Waals surface area contributed by atoms with Gasteiger partial charge in [-0.1, -0.05) is 12.1 Å². The number of halogens is 1. The summed E-state index contributed by atoms with van der Waals surface area (Å²) in [5.41, 5.74) is 6.53. The number of ether oxygens (including phenoxy) is 1. The first-order chi connectivity index (χ1) is 7.20. The zero-order chi connectivity index (χ0) is 11.3. The van der Waals surface area contributed by atoms with Crippen molar-refractivity contribution in [1.82, 2.24) is 0 Å². The maximum Gasteiger partial charge on any atom is 0.162 e. The van der Waals surface area contributed by atoms with E-state index in [1.165, 1.54) is 7.11 Å². The van der Waals surface area contributed by atoms with E-state index in [1.807, 2.05) is 0 Å². The van der Waals surface area contributed by atoms with E-state index < -0.39 is 0 Å². The number of hydrogen-bond acceptors (Lipinski definition) is 4. The van der Waals surface area contributed by atoms with Crippen molar-refractivity contribution >= 4 is 12.4 Å². The van der Waals surface area contributed by atoms with Gasteiger partial charge in [-0.15, -0.1) is 12.4 Å². The molecular formula is C11H18ClNO3. The average molecular weight is 248 g/mol. The molecule has 0 amide bonds. The lowest BCUT2D eigenvalue weighted by atomic mass is 10.0. The third-order valence-corrected chi connectivity index (χ3v) is 2.32. The van der Waals surface area contributed by atoms with Crippen molar-refractivity contribution in [2.24, 2.45) is 5.73 Å². The molecule has 0 heterocycles. The number of benzene rings is 1. The molecule has 0 fully saturated rings. The van der Waals surface area contributed by atoms with Gasteiger partial charge in [0, 0.05) is 18.2 Å². The molecule has 4 N–H and O–H groups in total. The summed E-state index contributed by atoms with van der Waals surface area (Å²) < 4.78 is 4.99. The molecule has 0 aromatic heterocycles. The molecule has 5 heteroatoms. The first kappa shape index (κ1) is 15.0. The molecule has 0 spiro atoms. The average Bonchev–Trinajstić information content (AvgIpc) is 2.26. The van der Waals surface area contributed by atoms with E-state index in [1.54, 1.807) is 18.2 Å². The van der Waals surface area contributed by atoms with Gasteiger partial charge in [0.2, 0.25) is 0 Å². The third kappa shape index (κ3) is 3.56. The number of aliphatic hydroxyl groups is 1. The molecule has 0 unspecified atom stereocenters. The highest BCUT2D eigenvalue weighted by Crippen LogP contribution is 2.33. The molecule has 0 bridgehead atoms. The Bertz CT molecular complexity index is 320. The fourth-order valence-corrected chi connectivity index (χ4v) is 1.47. The summed E-state index contributed by atoms with van der Waals surface area (Å²) in [6, 6.07) is 4.96. The minimum atomic E-state index is -0.271. The predicted octanol–water partition coefficient (Wildman–Crippen LogP) is 1.59. The lowest BCUT2D eigenvalue weighted by Gasteiger charge is -2.14. The highest BCUT2D eigenvalue weighted by atomic mass is 35.5. The van der Waals surface area contributed by atoms with E-state index in [0.29, 0.717) is 24.2 Å². The van der Waals surface area contributed by atoms with Crippen LogP contribution in [0.15, 0.2) is 18.2 Å². The number of aliphatic hydroxyl groups excluding tert-OH is 1. The highest BCUT2D eigenvalue weighted by Gasteiger charge is 2.13. The number of hydrogen-bond donors (Lipinski definition) is 3. The van der Waals surface area contributed by atoms with Gasteiger partial charge in [0.05, 0.1) is 7.11 Å². The summed E-state index contributed by atoms with van der Waals surface area (Å²) in [7, 11) is 1.50. The maximum atomic E-state index is 9.79. The van der Waals surface area contributed by atoms with Crippen LogP contribution in [0.2, 0.25) is 0 Å². The number of methoxy groups -OCH3 is 1. The van der Waals surface area contributed by atoms with Gasteiger partial charge in [0.25, 0.3) is 0 Å². The van der Waals surface area contributed by atoms with Gasteiger partial charge in [0.15, 0.2) is 11.5 Å². The van der Waals surface area contributed by atoms with Crippen molar-refractivity contribution in [3.05, 3.63) is 23.8 Å². The summed E-state index contributed by atoms with van der Waals surface area (Å²) in [5, 5.41) is 18.5. The lowest BCUT2D eigenvalue weighted by molar-refractivity contribution is 0.279. The molecule has 0 saturated carbocycles. The molecule has 0 aliphatic rings. The molecule has 1 rings (SSSR count). The van der Waals surface area contributed by atoms with Crippen LogP contribution < -0.4 is 10.5 Å². The van der Waals surface area contributed by atoms with E-state index in [2.05, 4.69) is 0 Å². The van der Waals surface area contributed by atoms with Crippen LogP contribution in [0, 0.1) is 0 Å². The van der Waals surface area contributed by atoms with Crippen LogP contribution in [-0.2, 0) is 0 Å². The predicted molar refractivity (Wildman–Crippen MR) is 65.2 cm³/mol. The quantitative estimate of drug-likeness (QED) is 0.739. The number of phenols is 1. The van der Waals surface area contributed by atoms with Crippen molar-refractivity contribution in [2.45, 2.75) is 18.9 Å². The monoisotopic (exact) mass is 247 g/mol. The second kappa shape index (κ2) is 7.33. The van der Waals surface area contributed by atoms with Gasteiger partial charge >= 0.3 is 0 Å². The van der Waals surface area contributed by atoms with Crippen LogP contribution >= 0.6 is 12.4 Å². The van der Waals surface area contributed by atoms with Crippen LogP contribution in [0.3, 0.4) is 0 Å². The standard InChI is InChI=1S/C11H17NO3.ClH/c1-15-10-6-2-4-8(11(10)14)9(12)5-3-7-13;/h2,4,6,9,13-14H,3,5,7,12H2,1H3;1H/t9-;/m1./s1. The SMILES string of the molecule is COc1cccc([C@H](N)CCCO)c1O.Cl. The fraction of sp³-hybridized carbons (Fsp3) is 0.455. The smallest absolute Gasteiger partial charge is 0.162 e.